The van der Waals surface area contributed by atoms with E-state index in [1.54, 1.807) is 12.1 Å². The lowest BCUT2D eigenvalue weighted by molar-refractivity contribution is -0.169. The fourth-order valence-corrected chi connectivity index (χ4v) is 3.96. The molecule has 0 saturated heterocycles. The van der Waals surface area contributed by atoms with Crippen LogP contribution in [0.3, 0.4) is 0 Å². The molecule has 0 N–H and O–H groups in total. The molecule has 0 bridgehead atoms. The number of carbonyl (C=O) groups is 2. The average Bonchev–Trinajstić information content (AvgIpc) is 2.61. The van der Waals surface area contributed by atoms with Gasteiger partial charge in [-0.3, -0.25) is 0 Å². The summed E-state index contributed by atoms with van der Waals surface area (Å²) >= 11 is 11.9. The molecule has 4 atom stereocenters. The van der Waals surface area contributed by atoms with Crippen molar-refractivity contribution >= 4 is 35.1 Å². The van der Waals surface area contributed by atoms with Crippen molar-refractivity contribution in [1.29, 1.82) is 0 Å². The second-order valence-corrected chi connectivity index (χ2v) is 8.64. The molecule has 0 amide bonds. The molecular weight excluding hydrogens is 403 g/mol. The van der Waals surface area contributed by atoms with E-state index in [0.717, 1.165) is 19.3 Å². The molecule has 1 aliphatic carbocycles. The Labute approximate surface area is 176 Å². The molecule has 1 saturated carbocycles. The molecule has 0 unspecified atom stereocenters. The number of carbonyl (C=O) groups excluding carboxylic acids is 2. The topological polar surface area (TPSA) is 61.8 Å². The Morgan fingerprint density at radius 3 is 2.54 bits per heavy atom. The molecule has 156 valence electrons. The zero-order valence-electron chi connectivity index (χ0n) is 16.7. The van der Waals surface area contributed by atoms with Gasteiger partial charge in [-0.2, -0.15) is 0 Å². The van der Waals surface area contributed by atoms with Gasteiger partial charge in [-0.1, -0.05) is 50.4 Å². The molecule has 28 heavy (non-hydrogen) atoms. The predicted octanol–water partition coefficient (Wildman–Crippen LogP) is 5.31. The first kappa shape index (κ1) is 22.8. The Bertz CT molecular complexity index is 691. The first-order valence-electron chi connectivity index (χ1n) is 9.65. The van der Waals surface area contributed by atoms with E-state index in [-0.39, 0.29) is 11.1 Å². The van der Waals surface area contributed by atoms with Crippen molar-refractivity contribution < 1.29 is 23.8 Å². The van der Waals surface area contributed by atoms with E-state index < -0.39 is 24.6 Å². The molecule has 0 spiro atoms. The van der Waals surface area contributed by atoms with Gasteiger partial charge in [0.05, 0.1) is 5.02 Å². The second-order valence-electron chi connectivity index (χ2n) is 7.80. The summed E-state index contributed by atoms with van der Waals surface area (Å²) in [6.45, 7) is 7.54. The quantitative estimate of drug-likeness (QED) is 0.548. The normalized spacial score (nSPS) is 23.2. The third-order valence-corrected chi connectivity index (χ3v) is 5.64. The van der Waals surface area contributed by atoms with Crippen LogP contribution in [0.4, 0.5) is 0 Å². The largest absolute Gasteiger partial charge is 0.477 e. The van der Waals surface area contributed by atoms with Crippen molar-refractivity contribution in [2.24, 2.45) is 17.8 Å². The molecule has 2 rings (SSSR count). The van der Waals surface area contributed by atoms with E-state index in [4.69, 9.17) is 37.4 Å². The van der Waals surface area contributed by atoms with E-state index in [1.807, 2.05) is 0 Å². The van der Waals surface area contributed by atoms with Crippen LogP contribution in [0.25, 0.3) is 0 Å². The highest BCUT2D eigenvalue weighted by atomic mass is 35.5. The smallest absolute Gasteiger partial charge is 0.347 e. The van der Waals surface area contributed by atoms with Crippen molar-refractivity contribution in [3.63, 3.8) is 0 Å². The lowest BCUT2D eigenvalue weighted by atomic mass is 9.75. The molecule has 5 nitrogen and oxygen atoms in total. The number of rotatable bonds is 7. The lowest BCUT2D eigenvalue weighted by Gasteiger charge is -2.36. The van der Waals surface area contributed by atoms with Gasteiger partial charge in [-0.05, 0) is 55.7 Å². The molecule has 1 aromatic carbocycles. The summed E-state index contributed by atoms with van der Waals surface area (Å²) in [5.41, 5.74) is 0. The highest BCUT2D eigenvalue weighted by Gasteiger charge is 2.33. The Kier molecular flexibility index (Phi) is 8.44. The van der Waals surface area contributed by atoms with Crippen LogP contribution in [0.5, 0.6) is 5.75 Å². The van der Waals surface area contributed by atoms with Crippen molar-refractivity contribution in [2.75, 3.05) is 6.61 Å². The van der Waals surface area contributed by atoms with Gasteiger partial charge in [0.2, 0.25) is 0 Å². The maximum atomic E-state index is 12.2. The third-order valence-electron chi connectivity index (χ3n) is 5.11. The third kappa shape index (κ3) is 6.56. The number of esters is 2. The molecule has 1 aromatic rings. The summed E-state index contributed by atoms with van der Waals surface area (Å²) in [5.74, 6) is 0.410. The number of ether oxygens (including phenoxy) is 3. The Hall–Kier alpha value is -1.46. The maximum absolute atomic E-state index is 12.2. The van der Waals surface area contributed by atoms with Gasteiger partial charge < -0.3 is 14.2 Å². The van der Waals surface area contributed by atoms with Gasteiger partial charge in [0.15, 0.2) is 12.7 Å². The van der Waals surface area contributed by atoms with E-state index in [2.05, 4.69) is 20.8 Å². The SMILES string of the molecule is CC(C)[C@H]1CC[C@H](C)C[C@H]1OC(=O)COC(=O)[C@@H](C)Oc1ccc(Cl)cc1Cl. The Morgan fingerprint density at radius 1 is 1.18 bits per heavy atom. The predicted molar refractivity (Wildman–Crippen MR) is 109 cm³/mol. The van der Waals surface area contributed by atoms with Gasteiger partial charge in [0, 0.05) is 5.02 Å². The number of benzene rings is 1. The number of hydrogen-bond donors (Lipinski definition) is 0. The van der Waals surface area contributed by atoms with Gasteiger partial charge >= 0.3 is 11.9 Å². The lowest BCUT2D eigenvalue weighted by Crippen LogP contribution is -2.37. The summed E-state index contributed by atoms with van der Waals surface area (Å²) in [4.78, 5) is 24.3. The van der Waals surface area contributed by atoms with Crippen molar-refractivity contribution in [2.45, 2.75) is 59.2 Å². The molecule has 1 aliphatic rings. The van der Waals surface area contributed by atoms with E-state index >= 15 is 0 Å². The zero-order chi connectivity index (χ0) is 20.8. The highest BCUT2D eigenvalue weighted by molar-refractivity contribution is 6.35. The van der Waals surface area contributed by atoms with Crippen LogP contribution in [0.15, 0.2) is 18.2 Å². The average molecular weight is 431 g/mol. The molecule has 7 heteroatoms. The molecule has 0 aliphatic heterocycles. The van der Waals surface area contributed by atoms with Gasteiger partial charge in [0.1, 0.15) is 11.9 Å². The molecule has 0 radical (unpaired) electrons. The van der Waals surface area contributed by atoms with Crippen LogP contribution >= 0.6 is 23.2 Å². The summed E-state index contributed by atoms with van der Waals surface area (Å²) in [5, 5.41) is 0.754. The minimum atomic E-state index is -0.926. The summed E-state index contributed by atoms with van der Waals surface area (Å²) in [7, 11) is 0. The fourth-order valence-electron chi connectivity index (χ4n) is 3.51. The fraction of sp³-hybridized carbons (Fsp3) is 0.619. The van der Waals surface area contributed by atoms with Crippen molar-refractivity contribution in [3.8, 4) is 5.75 Å². The minimum Gasteiger partial charge on any atom is -0.477 e. The molecule has 0 heterocycles. The standard InChI is InChI=1S/C21H28Cl2O5/c1-12(2)16-7-5-13(3)9-19(16)28-20(24)11-26-21(25)14(4)27-18-8-6-15(22)10-17(18)23/h6,8,10,12-14,16,19H,5,7,9,11H2,1-4H3/t13-,14+,16+,19+/m0/s1. The van der Waals surface area contributed by atoms with Crippen LogP contribution < -0.4 is 4.74 Å². The van der Waals surface area contributed by atoms with E-state index in [9.17, 15) is 9.59 Å². The van der Waals surface area contributed by atoms with E-state index in [1.165, 1.54) is 13.0 Å². The summed E-state index contributed by atoms with van der Waals surface area (Å²) in [6.07, 6.45) is 1.98. The van der Waals surface area contributed by atoms with Crippen LogP contribution in [0.1, 0.15) is 47.0 Å². The number of halogens is 2. The summed E-state index contributed by atoms with van der Waals surface area (Å²) < 4.78 is 16.2. The summed E-state index contributed by atoms with van der Waals surface area (Å²) in [6, 6.07) is 4.69. The van der Waals surface area contributed by atoms with Crippen LogP contribution in [0.2, 0.25) is 10.0 Å². The maximum Gasteiger partial charge on any atom is 0.347 e. The first-order valence-corrected chi connectivity index (χ1v) is 10.4. The highest BCUT2D eigenvalue weighted by Crippen LogP contribution is 2.35. The molecule has 1 fully saturated rings. The Balaban J connectivity index is 1.83. The van der Waals surface area contributed by atoms with Crippen molar-refractivity contribution in [3.05, 3.63) is 28.2 Å². The Morgan fingerprint density at radius 2 is 1.89 bits per heavy atom. The van der Waals surface area contributed by atoms with Gasteiger partial charge in [-0.15, -0.1) is 0 Å². The van der Waals surface area contributed by atoms with Gasteiger partial charge in [0.25, 0.3) is 0 Å². The monoisotopic (exact) mass is 430 g/mol. The molecule has 0 aromatic heterocycles. The zero-order valence-corrected chi connectivity index (χ0v) is 18.3. The first-order chi connectivity index (χ1) is 13.2. The van der Waals surface area contributed by atoms with Gasteiger partial charge in [-0.25, -0.2) is 9.59 Å². The van der Waals surface area contributed by atoms with Crippen molar-refractivity contribution in [1.82, 2.24) is 0 Å². The second kappa shape index (κ2) is 10.4. The van der Waals surface area contributed by atoms with Crippen LogP contribution in [-0.2, 0) is 19.1 Å². The number of hydrogen-bond acceptors (Lipinski definition) is 5. The van der Waals surface area contributed by atoms with Crippen LogP contribution in [0, 0.1) is 17.8 Å². The molecular formula is C21H28Cl2O5. The minimum absolute atomic E-state index is 0.128. The van der Waals surface area contributed by atoms with Crippen LogP contribution in [-0.4, -0.2) is 30.8 Å². The van der Waals surface area contributed by atoms with E-state index in [0.29, 0.717) is 28.5 Å².